The minimum absolute atomic E-state index is 0.214. The van der Waals surface area contributed by atoms with E-state index < -0.39 is 0 Å². The van der Waals surface area contributed by atoms with E-state index in [-0.39, 0.29) is 6.67 Å². The lowest BCUT2D eigenvalue weighted by molar-refractivity contribution is 0.500. The van der Waals surface area contributed by atoms with Crippen LogP contribution in [0.3, 0.4) is 0 Å². The van der Waals surface area contributed by atoms with E-state index in [1.807, 2.05) is 6.08 Å². The SMILES string of the molecule is CCCCCCCCCCC/C=C/CCF. The van der Waals surface area contributed by atoms with Crippen molar-refractivity contribution in [2.24, 2.45) is 0 Å². The Morgan fingerprint density at radius 2 is 1.19 bits per heavy atom. The highest BCUT2D eigenvalue weighted by molar-refractivity contribution is 4.80. The topological polar surface area (TPSA) is 0 Å². The van der Waals surface area contributed by atoms with Crippen LogP contribution in [-0.4, -0.2) is 6.67 Å². The van der Waals surface area contributed by atoms with Crippen LogP contribution in [-0.2, 0) is 0 Å². The van der Waals surface area contributed by atoms with Crippen molar-refractivity contribution in [1.82, 2.24) is 0 Å². The smallest absolute Gasteiger partial charge is 0.0928 e. The van der Waals surface area contributed by atoms with Crippen LogP contribution in [0, 0.1) is 0 Å². The van der Waals surface area contributed by atoms with E-state index in [4.69, 9.17) is 0 Å². The van der Waals surface area contributed by atoms with Gasteiger partial charge in [-0.2, -0.15) is 0 Å². The van der Waals surface area contributed by atoms with Crippen molar-refractivity contribution in [1.29, 1.82) is 0 Å². The fourth-order valence-corrected chi connectivity index (χ4v) is 1.87. The van der Waals surface area contributed by atoms with Crippen LogP contribution in [0.2, 0.25) is 0 Å². The summed E-state index contributed by atoms with van der Waals surface area (Å²) in [6, 6.07) is 0. The molecule has 0 bridgehead atoms. The van der Waals surface area contributed by atoms with E-state index >= 15 is 0 Å². The minimum atomic E-state index is -0.214. The molecule has 0 N–H and O–H groups in total. The molecule has 0 atom stereocenters. The lowest BCUT2D eigenvalue weighted by atomic mass is 10.1. The molecule has 0 amide bonds. The van der Waals surface area contributed by atoms with Crippen LogP contribution in [0.5, 0.6) is 0 Å². The standard InChI is InChI=1S/C15H29F/c1-2-3-4-5-6-7-8-9-10-11-12-13-14-15-16/h12-13H,2-11,14-15H2,1H3/b13-12+. The van der Waals surface area contributed by atoms with Gasteiger partial charge in [0.25, 0.3) is 0 Å². The summed E-state index contributed by atoms with van der Waals surface area (Å²) in [4.78, 5) is 0. The second-order valence-corrected chi connectivity index (χ2v) is 4.57. The van der Waals surface area contributed by atoms with Gasteiger partial charge >= 0.3 is 0 Å². The molecule has 0 radical (unpaired) electrons. The summed E-state index contributed by atoms with van der Waals surface area (Å²) in [5.41, 5.74) is 0. The van der Waals surface area contributed by atoms with Gasteiger partial charge in [-0.05, 0) is 19.3 Å². The molecule has 16 heavy (non-hydrogen) atoms. The Balaban J connectivity index is 2.93. The largest absolute Gasteiger partial charge is 0.251 e. The fraction of sp³-hybridized carbons (Fsp3) is 0.867. The molecule has 0 saturated carbocycles. The van der Waals surface area contributed by atoms with Gasteiger partial charge < -0.3 is 0 Å². The summed E-state index contributed by atoms with van der Waals surface area (Å²) < 4.78 is 11.7. The van der Waals surface area contributed by atoms with Crippen LogP contribution in [0.25, 0.3) is 0 Å². The van der Waals surface area contributed by atoms with E-state index in [1.54, 1.807) is 0 Å². The predicted octanol–water partition coefficient (Wildman–Crippen LogP) is 5.82. The summed E-state index contributed by atoms with van der Waals surface area (Å²) in [5.74, 6) is 0. The van der Waals surface area contributed by atoms with Crippen molar-refractivity contribution in [2.45, 2.75) is 77.6 Å². The molecule has 0 unspecified atom stereocenters. The molecule has 0 aliphatic heterocycles. The van der Waals surface area contributed by atoms with Gasteiger partial charge in [0.1, 0.15) is 0 Å². The van der Waals surface area contributed by atoms with Gasteiger partial charge in [0, 0.05) is 0 Å². The highest BCUT2D eigenvalue weighted by Gasteiger charge is 1.90. The molecular weight excluding hydrogens is 199 g/mol. The molecule has 0 aromatic rings. The van der Waals surface area contributed by atoms with Gasteiger partial charge in [0.15, 0.2) is 0 Å². The number of alkyl halides is 1. The number of hydrogen-bond donors (Lipinski definition) is 0. The predicted molar refractivity (Wildman–Crippen MR) is 71.6 cm³/mol. The number of allylic oxidation sites excluding steroid dienone is 2. The molecular formula is C15H29F. The van der Waals surface area contributed by atoms with Gasteiger partial charge in [0.2, 0.25) is 0 Å². The average Bonchev–Trinajstić information content (AvgIpc) is 2.31. The maximum absolute atomic E-state index is 11.7. The number of halogens is 1. The van der Waals surface area contributed by atoms with Crippen molar-refractivity contribution < 1.29 is 4.39 Å². The third kappa shape index (κ3) is 13.7. The van der Waals surface area contributed by atoms with E-state index in [0.717, 1.165) is 6.42 Å². The summed E-state index contributed by atoms with van der Waals surface area (Å²) in [5, 5.41) is 0. The normalized spacial score (nSPS) is 11.4. The zero-order valence-electron chi connectivity index (χ0n) is 11.0. The zero-order chi connectivity index (χ0) is 11.9. The van der Waals surface area contributed by atoms with E-state index in [2.05, 4.69) is 13.0 Å². The quantitative estimate of drug-likeness (QED) is 0.291. The lowest BCUT2D eigenvalue weighted by Crippen LogP contribution is -1.80. The van der Waals surface area contributed by atoms with Gasteiger partial charge in [-0.3, -0.25) is 4.39 Å². The Morgan fingerprint density at radius 3 is 1.75 bits per heavy atom. The van der Waals surface area contributed by atoms with Crippen LogP contribution in [0.4, 0.5) is 4.39 Å². The van der Waals surface area contributed by atoms with Crippen LogP contribution >= 0.6 is 0 Å². The molecule has 0 fully saturated rings. The minimum Gasteiger partial charge on any atom is -0.251 e. The van der Waals surface area contributed by atoms with Crippen molar-refractivity contribution >= 4 is 0 Å². The van der Waals surface area contributed by atoms with Gasteiger partial charge in [-0.15, -0.1) is 0 Å². The Labute approximate surface area is 101 Å². The first-order chi connectivity index (χ1) is 7.91. The molecule has 0 aromatic heterocycles. The van der Waals surface area contributed by atoms with Crippen molar-refractivity contribution in [3.63, 3.8) is 0 Å². The summed E-state index contributed by atoms with van der Waals surface area (Å²) in [7, 11) is 0. The van der Waals surface area contributed by atoms with Crippen molar-refractivity contribution in [3.8, 4) is 0 Å². The summed E-state index contributed by atoms with van der Waals surface area (Å²) >= 11 is 0. The van der Waals surface area contributed by atoms with E-state index in [1.165, 1.54) is 57.8 Å². The van der Waals surface area contributed by atoms with E-state index in [9.17, 15) is 4.39 Å². The molecule has 96 valence electrons. The Kier molecular flexibility index (Phi) is 14.4. The van der Waals surface area contributed by atoms with E-state index in [0.29, 0.717) is 6.42 Å². The molecule has 0 saturated heterocycles. The van der Waals surface area contributed by atoms with Gasteiger partial charge in [0.05, 0.1) is 6.67 Å². The molecule has 0 rings (SSSR count). The second kappa shape index (κ2) is 14.7. The number of unbranched alkanes of at least 4 members (excludes halogenated alkanes) is 9. The Hall–Kier alpha value is -0.330. The second-order valence-electron chi connectivity index (χ2n) is 4.57. The van der Waals surface area contributed by atoms with Crippen LogP contribution in [0.1, 0.15) is 77.6 Å². The number of hydrogen-bond acceptors (Lipinski definition) is 0. The van der Waals surface area contributed by atoms with Crippen molar-refractivity contribution in [2.75, 3.05) is 6.67 Å². The third-order valence-corrected chi connectivity index (χ3v) is 2.92. The highest BCUT2D eigenvalue weighted by atomic mass is 19.1. The Bertz CT molecular complexity index is 140. The lowest BCUT2D eigenvalue weighted by Gasteiger charge is -2.00. The van der Waals surface area contributed by atoms with Crippen molar-refractivity contribution in [3.05, 3.63) is 12.2 Å². The maximum Gasteiger partial charge on any atom is 0.0928 e. The first kappa shape index (κ1) is 15.7. The first-order valence-corrected chi connectivity index (χ1v) is 7.12. The summed E-state index contributed by atoms with van der Waals surface area (Å²) in [6.07, 6.45) is 18.2. The molecule has 0 spiro atoms. The molecule has 0 heterocycles. The van der Waals surface area contributed by atoms with Crippen LogP contribution < -0.4 is 0 Å². The number of rotatable bonds is 12. The average molecular weight is 228 g/mol. The Morgan fingerprint density at radius 1 is 0.688 bits per heavy atom. The molecule has 1 heteroatoms. The third-order valence-electron chi connectivity index (χ3n) is 2.92. The molecule has 0 aromatic carbocycles. The molecule has 0 aliphatic rings. The molecule has 0 aliphatic carbocycles. The fourth-order valence-electron chi connectivity index (χ4n) is 1.87. The highest BCUT2D eigenvalue weighted by Crippen LogP contribution is 2.10. The van der Waals surface area contributed by atoms with Crippen LogP contribution in [0.15, 0.2) is 12.2 Å². The first-order valence-electron chi connectivity index (χ1n) is 7.12. The zero-order valence-corrected chi connectivity index (χ0v) is 11.0. The molecule has 0 nitrogen and oxygen atoms in total. The van der Waals surface area contributed by atoms with Gasteiger partial charge in [-0.25, -0.2) is 0 Å². The van der Waals surface area contributed by atoms with Gasteiger partial charge in [-0.1, -0.05) is 70.4 Å². The summed E-state index contributed by atoms with van der Waals surface area (Å²) in [6.45, 7) is 2.05. The monoisotopic (exact) mass is 228 g/mol. The maximum atomic E-state index is 11.7.